The van der Waals surface area contributed by atoms with E-state index in [-0.39, 0.29) is 11.3 Å². The monoisotopic (exact) mass is 267 g/mol. The molecule has 0 aliphatic heterocycles. The molecule has 0 radical (unpaired) electrons. The third-order valence-electron chi connectivity index (χ3n) is 5.37. The highest BCUT2D eigenvalue weighted by Gasteiger charge is 2.40. The summed E-state index contributed by atoms with van der Waals surface area (Å²) in [6.45, 7) is 7.00. The third-order valence-corrected chi connectivity index (χ3v) is 5.37. The van der Waals surface area contributed by atoms with Crippen molar-refractivity contribution in [2.75, 3.05) is 6.54 Å². The Hall–Kier alpha value is -0.570. The molecule has 0 atom stereocenters. The van der Waals surface area contributed by atoms with Crippen LogP contribution in [-0.4, -0.2) is 23.2 Å². The molecule has 2 rings (SSSR count). The normalized spacial score (nSPS) is 28.0. The van der Waals surface area contributed by atoms with E-state index in [9.17, 15) is 9.90 Å². The van der Waals surface area contributed by atoms with Crippen LogP contribution in [0.15, 0.2) is 0 Å². The third kappa shape index (κ3) is 3.50. The molecule has 2 fully saturated rings. The number of amides is 1. The number of rotatable bonds is 3. The summed E-state index contributed by atoms with van der Waals surface area (Å²) in [4.78, 5) is 12.3. The van der Waals surface area contributed by atoms with Crippen LogP contribution >= 0.6 is 0 Å². The fourth-order valence-electron chi connectivity index (χ4n) is 3.41. The van der Waals surface area contributed by atoms with Crippen molar-refractivity contribution in [3.05, 3.63) is 0 Å². The van der Waals surface area contributed by atoms with Gasteiger partial charge < -0.3 is 10.4 Å². The molecule has 0 aromatic heterocycles. The average Bonchev–Trinajstić information content (AvgIpc) is 2.79. The Labute approximate surface area is 117 Å². The number of hydrogen-bond acceptors (Lipinski definition) is 2. The second-order valence-corrected chi connectivity index (χ2v) is 7.84. The van der Waals surface area contributed by atoms with E-state index >= 15 is 0 Å². The first kappa shape index (κ1) is 14.8. The molecule has 0 saturated heterocycles. The molecule has 110 valence electrons. The van der Waals surface area contributed by atoms with Crippen LogP contribution < -0.4 is 5.32 Å². The van der Waals surface area contributed by atoms with E-state index in [1.165, 1.54) is 0 Å². The first-order chi connectivity index (χ1) is 8.75. The van der Waals surface area contributed by atoms with Gasteiger partial charge >= 0.3 is 0 Å². The number of aliphatic hydroxyl groups is 1. The van der Waals surface area contributed by atoms with Crippen LogP contribution in [0.3, 0.4) is 0 Å². The maximum absolute atomic E-state index is 12.3. The summed E-state index contributed by atoms with van der Waals surface area (Å²) in [6.07, 6.45) is 7.97. The van der Waals surface area contributed by atoms with Gasteiger partial charge in [-0.15, -0.1) is 0 Å². The molecule has 0 spiro atoms. The lowest BCUT2D eigenvalue weighted by Gasteiger charge is -2.40. The van der Waals surface area contributed by atoms with E-state index in [2.05, 4.69) is 26.1 Å². The van der Waals surface area contributed by atoms with Gasteiger partial charge in [-0.05, 0) is 43.9 Å². The Bertz CT molecular complexity index is 333. The van der Waals surface area contributed by atoms with Crippen molar-refractivity contribution in [3.63, 3.8) is 0 Å². The van der Waals surface area contributed by atoms with Crippen molar-refractivity contribution in [3.8, 4) is 0 Å². The Kier molecular flexibility index (Phi) is 3.97. The van der Waals surface area contributed by atoms with E-state index in [1.807, 2.05) is 0 Å². The Morgan fingerprint density at radius 2 is 1.53 bits per heavy atom. The highest BCUT2D eigenvalue weighted by molar-refractivity contribution is 5.82. The molecule has 2 aliphatic rings. The van der Waals surface area contributed by atoms with Gasteiger partial charge in [-0.3, -0.25) is 4.79 Å². The van der Waals surface area contributed by atoms with Crippen LogP contribution in [0.25, 0.3) is 0 Å². The van der Waals surface area contributed by atoms with E-state index in [1.54, 1.807) is 0 Å². The summed E-state index contributed by atoms with van der Waals surface area (Å²) in [5.41, 5.74) is -0.530. The van der Waals surface area contributed by atoms with Crippen molar-refractivity contribution in [2.45, 2.75) is 77.7 Å². The van der Waals surface area contributed by atoms with E-state index in [0.29, 0.717) is 12.0 Å². The van der Waals surface area contributed by atoms with Gasteiger partial charge in [0.1, 0.15) is 0 Å². The summed E-state index contributed by atoms with van der Waals surface area (Å²) in [6, 6.07) is 0. The Balaban J connectivity index is 1.83. The predicted molar refractivity (Wildman–Crippen MR) is 76.8 cm³/mol. The van der Waals surface area contributed by atoms with Crippen LogP contribution in [0.4, 0.5) is 0 Å². The largest absolute Gasteiger partial charge is 0.388 e. The zero-order chi connectivity index (χ0) is 14.1. The van der Waals surface area contributed by atoms with Crippen LogP contribution in [0.1, 0.15) is 72.1 Å². The van der Waals surface area contributed by atoms with Crippen molar-refractivity contribution in [1.29, 1.82) is 0 Å². The average molecular weight is 267 g/mol. The molecule has 0 unspecified atom stereocenters. The summed E-state index contributed by atoms with van der Waals surface area (Å²) in [7, 11) is 0. The SMILES string of the molecule is CC1(C)CCC(O)(CNC(=O)C2(C)CCCC2)CC1. The molecule has 0 bridgehead atoms. The Morgan fingerprint density at radius 1 is 1.00 bits per heavy atom. The number of hydrogen-bond donors (Lipinski definition) is 2. The maximum Gasteiger partial charge on any atom is 0.226 e. The topological polar surface area (TPSA) is 49.3 Å². The van der Waals surface area contributed by atoms with E-state index in [4.69, 9.17) is 0 Å². The van der Waals surface area contributed by atoms with Gasteiger partial charge in [0.25, 0.3) is 0 Å². The van der Waals surface area contributed by atoms with Crippen molar-refractivity contribution < 1.29 is 9.90 Å². The summed E-state index contributed by atoms with van der Waals surface area (Å²) in [5, 5.41) is 13.6. The number of carbonyl (C=O) groups excluding carboxylic acids is 1. The lowest BCUT2D eigenvalue weighted by Crippen LogP contribution is -2.49. The van der Waals surface area contributed by atoms with Crippen molar-refractivity contribution in [1.82, 2.24) is 5.32 Å². The van der Waals surface area contributed by atoms with Gasteiger partial charge in [0.05, 0.1) is 5.60 Å². The highest BCUT2D eigenvalue weighted by atomic mass is 16.3. The predicted octanol–water partition coefficient (Wildman–Crippen LogP) is 3.01. The lowest BCUT2D eigenvalue weighted by atomic mass is 9.71. The van der Waals surface area contributed by atoms with Crippen LogP contribution in [0, 0.1) is 10.8 Å². The molecule has 3 heteroatoms. The van der Waals surface area contributed by atoms with Gasteiger partial charge in [0.2, 0.25) is 5.91 Å². The second kappa shape index (κ2) is 5.08. The molecule has 2 saturated carbocycles. The smallest absolute Gasteiger partial charge is 0.226 e. The maximum atomic E-state index is 12.3. The van der Waals surface area contributed by atoms with E-state index < -0.39 is 5.60 Å². The molecular weight excluding hydrogens is 238 g/mol. The number of carbonyl (C=O) groups is 1. The summed E-state index contributed by atoms with van der Waals surface area (Å²) >= 11 is 0. The molecule has 19 heavy (non-hydrogen) atoms. The quantitative estimate of drug-likeness (QED) is 0.826. The lowest BCUT2D eigenvalue weighted by molar-refractivity contribution is -0.131. The van der Waals surface area contributed by atoms with Crippen molar-refractivity contribution >= 4 is 5.91 Å². The Morgan fingerprint density at radius 3 is 2.05 bits per heavy atom. The molecule has 0 heterocycles. The molecule has 2 N–H and O–H groups in total. The number of nitrogens with one attached hydrogen (secondary N) is 1. The van der Waals surface area contributed by atoms with Gasteiger partial charge in [-0.25, -0.2) is 0 Å². The zero-order valence-corrected chi connectivity index (χ0v) is 12.7. The van der Waals surface area contributed by atoms with Gasteiger partial charge in [0.15, 0.2) is 0 Å². The second-order valence-electron chi connectivity index (χ2n) is 7.84. The minimum Gasteiger partial charge on any atom is -0.388 e. The standard InChI is InChI=1S/C16H29NO2/c1-14(2)8-10-16(19,11-9-14)12-17-13(18)15(3)6-4-5-7-15/h19H,4-12H2,1-3H3,(H,17,18). The van der Waals surface area contributed by atoms with Gasteiger partial charge in [-0.1, -0.05) is 33.6 Å². The molecular formula is C16H29NO2. The van der Waals surface area contributed by atoms with Gasteiger partial charge in [-0.2, -0.15) is 0 Å². The van der Waals surface area contributed by atoms with Crippen LogP contribution in [-0.2, 0) is 4.79 Å². The van der Waals surface area contributed by atoms with Crippen LogP contribution in [0.5, 0.6) is 0 Å². The summed E-state index contributed by atoms with van der Waals surface area (Å²) < 4.78 is 0. The van der Waals surface area contributed by atoms with Gasteiger partial charge in [0, 0.05) is 12.0 Å². The molecule has 1 amide bonds. The first-order valence-corrected chi connectivity index (χ1v) is 7.76. The minimum atomic E-state index is -0.680. The minimum absolute atomic E-state index is 0.142. The molecule has 0 aromatic carbocycles. The first-order valence-electron chi connectivity index (χ1n) is 7.76. The highest BCUT2D eigenvalue weighted by Crippen LogP contribution is 2.41. The molecule has 3 nitrogen and oxygen atoms in total. The summed E-state index contributed by atoms with van der Waals surface area (Å²) in [5.74, 6) is 0.142. The van der Waals surface area contributed by atoms with E-state index in [0.717, 1.165) is 51.4 Å². The van der Waals surface area contributed by atoms with Crippen LogP contribution in [0.2, 0.25) is 0 Å². The fourth-order valence-corrected chi connectivity index (χ4v) is 3.41. The molecule has 2 aliphatic carbocycles. The fraction of sp³-hybridized carbons (Fsp3) is 0.938. The molecule has 0 aromatic rings. The zero-order valence-electron chi connectivity index (χ0n) is 12.7. The van der Waals surface area contributed by atoms with Crippen molar-refractivity contribution in [2.24, 2.45) is 10.8 Å².